The van der Waals surface area contributed by atoms with Crippen LogP contribution in [0.25, 0.3) is 10.9 Å². The summed E-state index contributed by atoms with van der Waals surface area (Å²) < 4.78 is 30.9. The number of nitrogens with zero attached hydrogens (tertiary/aromatic N) is 5. The molecule has 4 rings (SSSR count). The lowest BCUT2D eigenvalue weighted by atomic mass is 10.1. The van der Waals surface area contributed by atoms with Gasteiger partial charge >= 0.3 is 0 Å². The monoisotopic (exact) mass is 452 g/mol. The Kier molecular flexibility index (Phi) is 5.99. The number of hydrogen-bond donors (Lipinski definition) is 1. The summed E-state index contributed by atoms with van der Waals surface area (Å²) in [7, 11) is 0. The van der Waals surface area contributed by atoms with Crippen LogP contribution >= 0.6 is 0 Å². The maximum atomic E-state index is 13.6. The van der Waals surface area contributed by atoms with E-state index in [0.717, 1.165) is 17.1 Å². The number of nitrogens with two attached hydrogens (primary N) is 1. The fraction of sp³-hybridized carbons (Fsp3) is 0.261. The molecule has 2 N–H and O–H groups in total. The Labute approximate surface area is 188 Å². The van der Waals surface area contributed by atoms with Crippen LogP contribution in [0.4, 0.5) is 14.6 Å². The van der Waals surface area contributed by atoms with Crippen LogP contribution in [0.1, 0.15) is 58.3 Å². The Morgan fingerprint density at radius 1 is 1.15 bits per heavy atom. The molecule has 0 radical (unpaired) electrons. The van der Waals surface area contributed by atoms with Crippen LogP contribution in [0.3, 0.4) is 0 Å². The van der Waals surface area contributed by atoms with E-state index in [2.05, 4.69) is 20.1 Å². The highest BCUT2D eigenvalue weighted by Crippen LogP contribution is 2.26. The zero-order valence-corrected chi connectivity index (χ0v) is 18.3. The lowest BCUT2D eigenvalue weighted by Gasteiger charge is -2.27. The molecule has 0 unspecified atom stereocenters. The van der Waals surface area contributed by atoms with Crippen molar-refractivity contribution in [3.05, 3.63) is 76.7 Å². The van der Waals surface area contributed by atoms with Crippen molar-refractivity contribution in [2.75, 3.05) is 5.73 Å². The van der Waals surface area contributed by atoms with Crippen LogP contribution in [0, 0.1) is 13.8 Å². The van der Waals surface area contributed by atoms with Gasteiger partial charge in [0, 0.05) is 29.6 Å². The molecule has 1 aromatic carbocycles. The molecule has 4 aromatic rings. The minimum atomic E-state index is -2.62. The molecule has 1 atom stereocenters. The van der Waals surface area contributed by atoms with Crippen LogP contribution in [0.5, 0.6) is 0 Å². The molecule has 8 nitrogen and oxygen atoms in total. The number of benzene rings is 1. The Bertz CT molecular complexity index is 1310. The van der Waals surface area contributed by atoms with Gasteiger partial charge in [0.2, 0.25) is 5.89 Å². The van der Waals surface area contributed by atoms with Crippen LogP contribution < -0.4 is 5.73 Å². The van der Waals surface area contributed by atoms with Gasteiger partial charge in [-0.15, -0.1) is 0 Å². The number of rotatable bonds is 6. The molecule has 0 spiro atoms. The molecule has 170 valence electrons. The zero-order chi connectivity index (χ0) is 23.7. The molecule has 0 fully saturated rings. The molecule has 0 aliphatic rings. The van der Waals surface area contributed by atoms with Crippen molar-refractivity contribution >= 4 is 22.6 Å². The molecular weight excluding hydrogens is 430 g/mol. The molecule has 0 aliphatic heterocycles. The van der Waals surface area contributed by atoms with Gasteiger partial charge in [-0.1, -0.05) is 5.16 Å². The largest absolute Gasteiger partial charge is 0.383 e. The van der Waals surface area contributed by atoms with Crippen LogP contribution in [-0.2, 0) is 6.54 Å². The summed E-state index contributed by atoms with van der Waals surface area (Å²) in [4.78, 5) is 27.8. The van der Waals surface area contributed by atoms with E-state index in [9.17, 15) is 13.6 Å². The lowest BCUT2D eigenvalue weighted by Crippen LogP contribution is -2.34. The number of amides is 1. The van der Waals surface area contributed by atoms with Gasteiger partial charge < -0.3 is 15.2 Å². The summed E-state index contributed by atoms with van der Waals surface area (Å²) in [5.74, 6) is 0.827. The average Bonchev–Trinajstić information content (AvgIpc) is 3.23. The zero-order valence-electron chi connectivity index (χ0n) is 18.3. The van der Waals surface area contributed by atoms with Gasteiger partial charge in [-0.3, -0.25) is 9.78 Å². The summed E-state index contributed by atoms with van der Waals surface area (Å²) in [5, 5.41) is 4.71. The SMILES string of the molecule is Cc1nc([C@@H](C)N(Cc2ccc(C(F)F)cn2)C(=O)c2ccc3nc(N)c(C)cc3c2)no1. The van der Waals surface area contributed by atoms with Crippen molar-refractivity contribution in [2.24, 2.45) is 0 Å². The number of alkyl halides is 2. The van der Waals surface area contributed by atoms with Crippen molar-refractivity contribution < 1.29 is 18.1 Å². The van der Waals surface area contributed by atoms with Crippen molar-refractivity contribution in [1.29, 1.82) is 0 Å². The molecule has 1 amide bonds. The second-order valence-electron chi connectivity index (χ2n) is 7.76. The van der Waals surface area contributed by atoms with E-state index in [1.54, 1.807) is 32.0 Å². The first-order chi connectivity index (χ1) is 15.7. The first-order valence-electron chi connectivity index (χ1n) is 10.2. The van der Waals surface area contributed by atoms with Gasteiger partial charge in [-0.05, 0) is 55.8 Å². The standard InChI is InChI=1S/C23H22F2N6O2/c1-12-8-17-9-15(5-7-19(17)29-21(12)26)23(32)31(13(2)22-28-14(3)33-30-22)11-18-6-4-16(10-27-18)20(24)25/h4-10,13,20H,11H2,1-3H3,(H2,26,29)/t13-/m1/s1. The van der Waals surface area contributed by atoms with E-state index in [1.165, 1.54) is 17.0 Å². The number of carbonyl (C=O) groups is 1. The Morgan fingerprint density at radius 3 is 2.58 bits per heavy atom. The summed E-state index contributed by atoms with van der Waals surface area (Å²) in [5.41, 5.74) is 8.06. The number of hydrogen-bond acceptors (Lipinski definition) is 7. The third kappa shape index (κ3) is 4.64. The number of aromatic nitrogens is 4. The first kappa shape index (κ1) is 22.3. The molecular formula is C23H22F2N6O2. The molecule has 3 heterocycles. The Hall–Kier alpha value is -3.95. The maximum Gasteiger partial charge on any atom is 0.265 e. The minimum Gasteiger partial charge on any atom is -0.383 e. The number of halogens is 2. The molecule has 3 aromatic heterocycles. The third-order valence-electron chi connectivity index (χ3n) is 5.37. The maximum absolute atomic E-state index is 13.6. The van der Waals surface area contributed by atoms with Crippen molar-refractivity contribution in [3.63, 3.8) is 0 Å². The number of nitrogen functional groups attached to an aromatic ring is 1. The van der Waals surface area contributed by atoms with Gasteiger partial charge in [0.1, 0.15) is 5.82 Å². The average molecular weight is 452 g/mol. The highest BCUT2D eigenvalue weighted by Gasteiger charge is 2.27. The van der Waals surface area contributed by atoms with Gasteiger partial charge in [0.05, 0.1) is 23.8 Å². The fourth-order valence-corrected chi connectivity index (χ4v) is 3.44. The molecule has 0 saturated heterocycles. The van der Waals surface area contributed by atoms with Crippen LogP contribution in [0.15, 0.2) is 47.1 Å². The quantitative estimate of drug-likeness (QED) is 0.457. The summed E-state index contributed by atoms with van der Waals surface area (Å²) >= 11 is 0. The second kappa shape index (κ2) is 8.89. The third-order valence-corrected chi connectivity index (χ3v) is 5.37. The summed E-state index contributed by atoms with van der Waals surface area (Å²) in [6.45, 7) is 5.33. The Morgan fingerprint density at radius 2 is 1.94 bits per heavy atom. The van der Waals surface area contributed by atoms with E-state index in [4.69, 9.17) is 10.3 Å². The second-order valence-corrected chi connectivity index (χ2v) is 7.76. The predicted octanol–water partition coefficient (Wildman–Crippen LogP) is 4.55. The number of pyridine rings is 2. The van der Waals surface area contributed by atoms with Gasteiger partial charge in [0.15, 0.2) is 5.82 Å². The lowest BCUT2D eigenvalue weighted by molar-refractivity contribution is 0.0661. The smallest absolute Gasteiger partial charge is 0.265 e. The molecule has 10 heteroatoms. The number of fused-ring (bicyclic) bond motifs is 1. The highest BCUT2D eigenvalue weighted by atomic mass is 19.3. The van der Waals surface area contributed by atoms with E-state index >= 15 is 0 Å². The first-order valence-corrected chi connectivity index (χ1v) is 10.2. The van der Waals surface area contributed by atoms with E-state index in [0.29, 0.717) is 34.3 Å². The topological polar surface area (TPSA) is 111 Å². The number of aryl methyl sites for hydroxylation is 2. The predicted molar refractivity (Wildman–Crippen MR) is 117 cm³/mol. The molecule has 33 heavy (non-hydrogen) atoms. The highest BCUT2D eigenvalue weighted by molar-refractivity contribution is 5.98. The van der Waals surface area contributed by atoms with E-state index in [1.807, 2.05) is 13.0 Å². The molecule has 0 aliphatic carbocycles. The van der Waals surface area contributed by atoms with Crippen molar-refractivity contribution in [3.8, 4) is 0 Å². The molecule has 0 bridgehead atoms. The fourth-order valence-electron chi connectivity index (χ4n) is 3.44. The van der Waals surface area contributed by atoms with Gasteiger partial charge in [-0.25, -0.2) is 13.8 Å². The summed E-state index contributed by atoms with van der Waals surface area (Å²) in [6.07, 6.45) is -1.50. The van der Waals surface area contributed by atoms with E-state index in [-0.39, 0.29) is 18.0 Å². The van der Waals surface area contributed by atoms with E-state index < -0.39 is 12.5 Å². The van der Waals surface area contributed by atoms with Gasteiger partial charge in [-0.2, -0.15) is 4.98 Å². The minimum absolute atomic E-state index is 0.0636. The normalized spacial score (nSPS) is 12.3. The Balaban J connectivity index is 1.70. The van der Waals surface area contributed by atoms with Crippen LogP contribution in [-0.4, -0.2) is 30.9 Å². The van der Waals surface area contributed by atoms with Gasteiger partial charge in [0.25, 0.3) is 12.3 Å². The number of anilines is 1. The van der Waals surface area contributed by atoms with Crippen molar-refractivity contribution in [1.82, 2.24) is 25.0 Å². The number of carbonyl (C=O) groups excluding carboxylic acids is 1. The summed E-state index contributed by atoms with van der Waals surface area (Å²) in [6, 6.07) is 9.23. The molecule has 0 saturated carbocycles. The van der Waals surface area contributed by atoms with Crippen LogP contribution in [0.2, 0.25) is 0 Å². The van der Waals surface area contributed by atoms with Crippen molar-refractivity contribution in [2.45, 2.75) is 39.8 Å².